The second-order valence-electron chi connectivity index (χ2n) is 10.9. The third-order valence-corrected chi connectivity index (χ3v) is 8.26. The molecule has 41 heavy (non-hydrogen) atoms. The zero-order valence-corrected chi connectivity index (χ0v) is 26.9. The Hall–Kier alpha value is -3.28. The molecule has 6 nitrogen and oxygen atoms in total. The number of rotatable bonds is 8. The molecule has 0 saturated heterocycles. The van der Waals surface area contributed by atoms with Crippen LogP contribution >= 0.6 is 0 Å². The molecule has 4 aromatic rings. The number of carbonyl (C=O) groups excluding carboxylic acids is 1. The molecule has 0 fully saturated rings. The number of carboxylic acids is 1. The van der Waals surface area contributed by atoms with Crippen molar-refractivity contribution < 1.29 is 44.3 Å². The largest absolute Gasteiger partial charge is 0.512 e. The predicted octanol–water partition coefficient (Wildman–Crippen LogP) is 8.65. The van der Waals surface area contributed by atoms with Gasteiger partial charge in [0.15, 0.2) is 5.78 Å². The summed E-state index contributed by atoms with van der Waals surface area (Å²) >= 11 is 0. The summed E-state index contributed by atoms with van der Waals surface area (Å²) in [6.45, 7) is 12.3. The first-order valence-electron chi connectivity index (χ1n) is 14.1. The van der Waals surface area contributed by atoms with Crippen molar-refractivity contribution in [3.05, 3.63) is 77.2 Å². The fourth-order valence-electron chi connectivity index (χ4n) is 5.69. The number of benzene rings is 2. The van der Waals surface area contributed by atoms with Gasteiger partial charge in [0.05, 0.1) is 16.9 Å². The van der Waals surface area contributed by atoms with E-state index in [1.165, 1.54) is 12.3 Å². The van der Waals surface area contributed by atoms with E-state index in [0.29, 0.717) is 0 Å². The summed E-state index contributed by atoms with van der Waals surface area (Å²) in [6.07, 6.45) is 6.32. The minimum atomic E-state index is -0.974. The molecule has 1 aliphatic rings. The van der Waals surface area contributed by atoms with Gasteiger partial charge in [-0.05, 0) is 54.5 Å². The van der Waals surface area contributed by atoms with Crippen molar-refractivity contribution in [2.75, 3.05) is 0 Å². The first-order valence-corrected chi connectivity index (χ1v) is 14.1. The van der Waals surface area contributed by atoms with Gasteiger partial charge in [-0.2, -0.15) is 0 Å². The Balaban J connectivity index is 0.000000253. The van der Waals surface area contributed by atoms with E-state index >= 15 is 0 Å². The minimum absolute atomic E-state index is 0. The molecule has 2 aromatic carbocycles. The van der Waals surface area contributed by atoms with E-state index < -0.39 is 11.4 Å². The summed E-state index contributed by atoms with van der Waals surface area (Å²) < 4.78 is 6.04. The molecular formula is C34H38IrNO5-. The van der Waals surface area contributed by atoms with E-state index in [1.807, 2.05) is 52.0 Å². The average Bonchev–Trinajstić information content (AvgIpc) is 3.29. The molecule has 0 saturated carbocycles. The van der Waals surface area contributed by atoms with Crippen LogP contribution in [0, 0.1) is 17.9 Å². The number of ketones is 1. The van der Waals surface area contributed by atoms with Crippen LogP contribution in [0.1, 0.15) is 88.7 Å². The van der Waals surface area contributed by atoms with Gasteiger partial charge in [0, 0.05) is 49.6 Å². The molecule has 219 valence electrons. The van der Waals surface area contributed by atoms with Crippen LogP contribution in [0.25, 0.3) is 33.2 Å². The quantitative estimate of drug-likeness (QED) is 0.107. The van der Waals surface area contributed by atoms with E-state index in [2.05, 4.69) is 31.0 Å². The Bertz CT molecular complexity index is 1590. The third-order valence-electron chi connectivity index (χ3n) is 8.26. The van der Waals surface area contributed by atoms with Gasteiger partial charge in [-0.15, -0.1) is 17.7 Å². The van der Waals surface area contributed by atoms with Crippen molar-refractivity contribution in [2.45, 2.75) is 72.6 Å². The van der Waals surface area contributed by atoms with Gasteiger partial charge >= 0.3 is 5.97 Å². The summed E-state index contributed by atoms with van der Waals surface area (Å²) in [7, 11) is 0. The monoisotopic (exact) mass is 733 g/mol. The summed E-state index contributed by atoms with van der Waals surface area (Å²) in [5.41, 5.74) is 5.01. The standard InChI is InChI=1S/C21H14NO3.C13H24O2.Ir/c1-21(2)13-6-4-8-16-18(13)17-12(5-3-7-15(17)25-16)19-14(21)9-11(10-22-19)20(23)24;1-5-10(6-2)12(14)9-13(15)11(7-3)8-4;/h3-4,6-10H,1-2H3,(H,23,24);9-11,14H,5-8H2,1-4H3;/q-1;;/b;12-9-;. The molecule has 1 radical (unpaired) electrons. The van der Waals surface area contributed by atoms with Crippen molar-refractivity contribution in [1.29, 1.82) is 0 Å². The summed E-state index contributed by atoms with van der Waals surface area (Å²) in [4.78, 5) is 27.7. The zero-order chi connectivity index (χ0) is 29.2. The van der Waals surface area contributed by atoms with E-state index in [0.717, 1.165) is 70.0 Å². The zero-order valence-electron chi connectivity index (χ0n) is 24.5. The van der Waals surface area contributed by atoms with Crippen molar-refractivity contribution in [3.63, 3.8) is 0 Å². The first-order chi connectivity index (χ1) is 19.1. The van der Waals surface area contributed by atoms with Crippen LogP contribution in [0.15, 0.2) is 58.8 Å². The number of furan rings is 1. The summed E-state index contributed by atoms with van der Waals surface area (Å²) in [5, 5.41) is 21.2. The number of aromatic nitrogens is 1. The van der Waals surface area contributed by atoms with Gasteiger partial charge in [-0.1, -0.05) is 70.7 Å². The van der Waals surface area contributed by atoms with Gasteiger partial charge in [-0.3, -0.25) is 4.79 Å². The average molecular weight is 733 g/mol. The Kier molecular flexibility index (Phi) is 10.3. The van der Waals surface area contributed by atoms with Gasteiger partial charge in [0.25, 0.3) is 0 Å². The number of allylic oxidation sites excluding steroid dienone is 2. The van der Waals surface area contributed by atoms with Gasteiger partial charge in [0.1, 0.15) is 5.58 Å². The second-order valence-corrected chi connectivity index (χ2v) is 10.9. The van der Waals surface area contributed by atoms with Crippen LogP contribution in [-0.2, 0) is 30.3 Å². The van der Waals surface area contributed by atoms with Gasteiger partial charge in [0.2, 0.25) is 0 Å². The molecule has 0 spiro atoms. The molecule has 7 heteroatoms. The molecule has 2 aromatic heterocycles. The van der Waals surface area contributed by atoms with Crippen LogP contribution in [0.4, 0.5) is 0 Å². The van der Waals surface area contributed by atoms with Gasteiger partial charge in [-0.25, -0.2) is 4.79 Å². The molecule has 0 unspecified atom stereocenters. The number of nitrogens with zero attached hydrogens (tertiary/aromatic N) is 1. The van der Waals surface area contributed by atoms with E-state index in [9.17, 15) is 19.8 Å². The minimum Gasteiger partial charge on any atom is -0.512 e. The van der Waals surface area contributed by atoms with Crippen molar-refractivity contribution in [2.24, 2.45) is 11.8 Å². The smallest absolute Gasteiger partial charge is 0.337 e. The van der Waals surface area contributed by atoms with E-state index in [-0.39, 0.29) is 49.0 Å². The molecule has 1 aliphatic carbocycles. The predicted molar refractivity (Wildman–Crippen MR) is 159 cm³/mol. The number of pyridine rings is 1. The Morgan fingerprint density at radius 2 is 1.59 bits per heavy atom. The van der Waals surface area contributed by atoms with Crippen LogP contribution in [0.2, 0.25) is 0 Å². The maximum Gasteiger partial charge on any atom is 0.337 e. The number of hydrogen-bond donors (Lipinski definition) is 2. The maximum absolute atomic E-state index is 11.7. The number of carboxylic acid groups (broad SMARTS) is 1. The first kappa shape index (κ1) is 32.2. The number of aliphatic hydroxyl groups excluding tert-OH is 1. The summed E-state index contributed by atoms with van der Waals surface area (Å²) in [5.74, 6) is -0.427. The van der Waals surface area contributed by atoms with Crippen LogP contribution in [-0.4, -0.2) is 26.9 Å². The molecular weight excluding hydrogens is 695 g/mol. The molecule has 0 aliphatic heterocycles. The number of aromatic carboxylic acids is 1. The number of carbonyl (C=O) groups is 2. The van der Waals surface area contributed by atoms with E-state index in [1.54, 1.807) is 6.07 Å². The number of fused-ring (bicyclic) bond motifs is 2. The molecule has 2 heterocycles. The topological polar surface area (TPSA) is 101 Å². The fourth-order valence-corrected chi connectivity index (χ4v) is 5.69. The Labute approximate surface area is 255 Å². The van der Waals surface area contributed by atoms with Gasteiger partial charge < -0.3 is 19.6 Å². The Morgan fingerprint density at radius 3 is 2.20 bits per heavy atom. The van der Waals surface area contributed by atoms with Crippen LogP contribution in [0.5, 0.6) is 0 Å². The molecule has 0 bridgehead atoms. The van der Waals surface area contributed by atoms with Crippen molar-refractivity contribution >= 4 is 33.7 Å². The molecule has 0 amide bonds. The molecule has 0 atom stereocenters. The number of aliphatic hydroxyl groups is 1. The normalized spacial score (nSPS) is 13.5. The van der Waals surface area contributed by atoms with Crippen LogP contribution < -0.4 is 0 Å². The third kappa shape index (κ3) is 6.02. The van der Waals surface area contributed by atoms with Crippen molar-refractivity contribution in [1.82, 2.24) is 4.98 Å². The van der Waals surface area contributed by atoms with Crippen molar-refractivity contribution in [3.8, 4) is 11.3 Å². The SMILES string of the molecule is CC1(C)c2cc(C(=O)O)cnc2-c2[c-]ccc3oc4cccc1c4c23.CCC(CC)C(=O)/C=C(\O)C(CC)CC.[Ir]. The van der Waals surface area contributed by atoms with E-state index in [4.69, 9.17) is 4.42 Å². The maximum atomic E-state index is 11.7. The molecule has 2 N–H and O–H groups in total. The Morgan fingerprint density at radius 1 is 0.951 bits per heavy atom. The summed E-state index contributed by atoms with van der Waals surface area (Å²) in [6, 6.07) is 14.8. The number of hydrogen-bond acceptors (Lipinski definition) is 5. The van der Waals surface area contributed by atoms with Crippen LogP contribution in [0.3, 0.4) is 0 Å². The fraction of sp³-hybridized carbons (Fsp3) is 0.382. The molecule has 5 rings (SSSR count). The second kappa shape index (κ2) is 13.1.